The Morgan fingerprint density at radius 1 is 1.39 bits per heavy atom. The Kier molecular flexibility index (Phi) is 3.32. The van der Waals surface area contributed by atoms with Crippen LogP contribution in [0.4, 0.5) is 0 Å². The summed E-state index contributed by atoms with van der Waals surface area (Å²) in [5.41, 5.74) is 1.47. The van der Waals surface area contributed by atoms with E-state index in [1.165, 1.54) is 6.07 Å². The minimum Gasteiger partial charge on any atom is -0.491 e. The third-order valence-electron chi connectivity index (χ3n) is 2.31. The molecule has 0 aliphatic heterocycles. The lowest BCUT2D eigenvalue weighted by molar-refractivity contribution is 0.0690. The summed E-state index contributed by atoms with van der Waals surface area (Å²) in [7, 11) is 0. The van der Waals surface area contributed by atoms with Gasteiger partial charge in [-0.25, -0.2) is 4.79 Å². The summed E-state index contributed by atoms with van der Waals surface area (Å²) in [6.45, 7) is 3.90. The Morgan fingerprint density at radius 3 is 2.78 bits per heavy atom. The van der Waals surface area contributed by atoms with Crippen LogP contribution in [0, 0.1) is 0 Å². The zero-order valence-corrected chi connectivity index (χ0v) is 10.2. The quantitative estimate of drug-likeness (QED) is 0.869. The molecule has 5 heteroatoms. The number of carbonyl (C=O) groups is 1. The van der Waals surface area contributed by atoms with E-state index in [-0.39, 0.29) is 11.8 Å². The van der Waals surface area contributed by atoms with Crippen molar-refractivity contribution in [2.75, 3.05) is 0 Å². The van der Waals surface area contributed by atoms with Gasteiger partial charge in [0.2, 0.25) is 0 Å². The second kappa shape index (κ2) is 4.91. The lowest BCUT2D eigenvalue weighted by Gasteiger charge is -2.09. The third-order valence-corrected chi connectivity index (χ3v) is 2.31. The molecule has 0 saturated carbocycles. The van der Waals surface area contributed by atoms with Gasteiger partial charge in [-0.3, -0.25) is 5.10 Å². The molecule has 0 atom stereocenters. The first-order valence-electron chi connectivity index (χ1n) is 5.62. The molecular weight excluding hydrogens is 232 g/mol. The van der Waals surface area contributed by atoms with Gasteiger partial charge < -0.3 is 9.84 Å². The highest BCUT2D eigenvalue weighted by molar-refractivity contribution is 5.86. The normalized spacial score (nSPS) is 10.6. The van der Waals surface area contributed by atoms with Crippen LogP contribution in [-0.4, -0.2) is 27.4 Å². The summed E-state index contributed by atoms with van der Waals surface area (Å²) in [5, 5.41) is 15.3. The maximum atomic E-state index is 10.8. The third kappa shape index (κ3) is 2.68. The lowest BCUT2D eigenvalue weighted by Crippen LogP contribution is -2.05. The Bertz CT molecular complexity index is 561. The molecule has 0 unspecified atom stereocenters. The SMILES string of the molecule is CC(C)Oc1cccc(-c2cc(C(=O)O)[nH]n2)c1. The Hall–Kier alpha value is -2.30. The molecule has 1 aromatic heterocycles. The number of nitrogens with zero attached hydrogens (tertiary/aromatic N) is 1. The topological polar surface area (TPSA) is 75.2 Å². The molecule has 2 rings (SSSR count). The van der Waals surface area contributed by atoms with E-state index >= 15 is 0 Å². The van der Waals surface area contributed by atoms with Crippen molar-refractivity contribution in [3.05, 3.63) is 36.0 Å². The molecule has 2 aromatic rings. The van der Waals surface area contributed by atoms with Gasteiger partial charge in [-0.2, -0.15) is 5.10 Å². The van der Waals surface area contributed by atoms with Crippen molar-refractivity contribution in [3.8, 4) is 17.0 Å². The van der Waals surface area contributed by atoms with Gasteiger partial charge in [0.25, 0.3) is 0 Å². The molecule has 0 fully saturated rings. The fourth-order valence-electron chi connectivity index (χ4n) is 1.58. The number of rotatable bonds is 4. The fourth-order valence-corrected chi connectivity index (χ4v) is 1.58. The zero-order chi connectivity index (χ0) is 13.1. The van der Waals surface area contributed by atoms with Gasteiger partial charge >= 0.3 is 5.97 Å². The Balaban J connectivity index is 2.29. The van der Waals surface area contributed by atoms with E-state index in [4.69, 9.17) is 9.84 Å². The lowest BCUT2D eigenvalue weighted by atomic mass is 10.1. The number of ether oxygens (including phenoxy) is 1. The average molecular weight is 246 g/mol. The number of carboxylic acids is 1. The number of aromatic amines is 1. The highest BCUT2D eigenvalue weighted by Crippen LogP contribution is 2.23. The fraction of sp³-hybridized carbons (Fsp3) is 0.231. The van der Waals surface area contributed by atoms with Crippen LogP contribution in [0.2, 0.25) is 0 Å². The first kappa shape index (κ1) is 12.2. The van der Waals surface area contributed by atoms with Crippen LogP contribution in [0.25, 0.3) is 11.3 Å². The molecule has 0 aliphatic rings. The first-order chi connectivity index (χ1) is 8.56. The minimum absolute atomic E-state index is 0.0696. The van der Waals surface area contributed by atoms with Gasteiger partial charge in [0.15, 0.2) is 0 Å². The van der Waals surface area contributed by atoms with Crippen molar-refractivity contribution in [1.82, 2.24) is 10.2 Å². The molecule has 18 heavy (non-hydrogen) atoms. The number of hydrogen-bond donors (Lipinski definition) is 2. The standard InChI is InChI=1S/C13H14N2O3/c1-8(2)18-10-5-3-4-9(6-10)11-7-12(13(16)17)15-14-11/h3-8H,1-2H3,(H,14,15)(H,16,17). The number of carboxylic acid groups (broad SMARTS) is 1. The monoisotopic (exact) mass is 246 g/mol. The van der Waals surface area contributed by atoms with Gasteiger partial charge in [-0.15, -0.1) is 0 Å². The summed E-state index contributed by atoms with van der Waals surface area (Å²) in [6.07, 6.45) is 0.0917. The van der Waals surface area contributed by atoms with Crippen LogP contribution in [0.15, 0.2) is 30.3 Å². The average Bonchev–Trinajstić information content (AvgIpc) is 2.77. The van der Waals surface area contributed by atoms with Gasteiger partial charge in [-0.1, -0.05) is 12.1 Å². The molecule has 0 spiro atoms. The number of hydrogen-bond acceptors (Lipinski definition) is 3. The summed E-state index contributed by atoms with van der Waals surface area (Å²) < 4.78 is 5.58. The predicted molar refractivity (Wildman–Crippen MR) is 66.7 cm³/mol. The van der Waals surface area contributed by atoms with E-state index in [9.17, 15) is 4.79 Å². The van der Waals surface area contributed by atoms with Gasteiger partial charge in [0.05, 0.1) is 11.8 Å². The number of nitrogens with one attached hydrogen (secondary N) is 1. The largest absolute Gasteiger partial charge is 0.491 e. The summed E-state index contributed by atoms with van der Waals surface area (Å²) >= 11 is 0. The molecule has 0 radical (unpaired) electrons. The number of aromatic carboxylic acids is 1. The van der Waals surface area contributed by atoms with E-state index in [1.54, 1.807) is 0 Å². The summed E-state index contributed by atoms with van der Waals surface area (Å²) in [6, 6.07) is 8.89. The van der Waals surface area contributed by atoms with Crippen molar-refractivity contribution < 1.29 is 14.6 Å². The Labute approximate surface area is 104 Å². The molecule has 94 valence electrons. The van der Waals surface area contributed by atoms with E-state index in [0.29, 0.717) is 5.69 Å². The maximum absolute atomic E-state index is 10.8. The second-order valence-corrected chi connectivity index (χ2v) is 4.17. The number of benzene rings is 1. The molecule has 2 N–H and O–H groups in total. The first-order valence-corrected chi connectivity index (χ1v) is 5.62. The van der Waals surface area contributed by atoms with Crippen LogP contribution in [0.1, 0.15) is 24.3 Å². The van der Waals surface area contributed by atoms with Crippen LogP contribution in [0.5, 0.6) is 5.75 Å². The smallest absolute Gasteiger partial charge is 0.353 e. The molecule has 0 aliphatic carbocycles. The van der Waals surface area contributed by atoms with Crippen molar-refractivity contribution in [3.63, 3.8) is 0 Å². The van der Waals surface area contributed by atoms with Crippen LogP contribution in [0.3, 0.4) is 0 Å². The number of aromatic nitrogens is 2. The van der Waals surface area contributed by atoms with Crippen molar-refractivity contribution in [2.24, 2.45) is 0 Å². The highest BCUT2D eigenvalue weighted by Gasteiger charge is 2.09. The minimum atomic E-state index is -1.02. The molecule has 0 bridgehead atoms. The van der Waals surface area contributed by atoms with Crippen molar-refractivity contribution >= 4 is 5.97 Å². The van der Waals surface area contributed by atoms with Crippen LogP contribution >= 0.6 is 0 Å². The summed E-state index contributed by atoms with van der Waals surface area (Å²) in [5.74, 6) is -0.286. The van der Waals surface area contributed by atoms with Crippen LogP contribution in [-0.2, 0) is 0 Å². The van der Waals surface area contributed by atoms with E-state index in [2.05, 4.69) is 10.2 Å². The predicted octanol–water partition coefficient (Wildman–Crippen LogP) is 2.56. The Morgan fingerprint density at radius 2 is 2.17 bits per heavy atom. The number of H-pyrrole nitrogens is 1. The summed E-state index contributed by atoms with van der Waals surface area (Å²) in [4.78, 5) is 10.8. The van der Waals surface area contributed by atoms with Crippen molar-refractivity contribution in [2.45, 2.75) is 20.0 Å². The zero-order valence-electron chi connectivity index (χ0n) is 10.2. The van der Waals surface area contributed by atoms with Crippen molar-refractivity contribution in [1.29, 1.82) is 0 Å². The van der Waals surface area contributed by atoms with E-state index < -0.39 is 5.97 Å². The van der Waals surface area contributed by atoms with Crippen LogP contribution < -0.4 is 4.74 Å². The molecule has 0 amide bonds. The van der Waals surface area contributed by atoms with E-state index in [0.717, 1.165) is 11.3 Å². The molecule has 0 saturated heterocycles. The van der Waals surface area contributed by atoms with Gasteiger partial charge in [0.1, 0.15) is 11.4 Å². The highest BCUT2D eigenvalue weighted by atomic mass is 16.5. The van der Waals surface area contributed by atoms with Gasteiger partial charge in [-0.05, 0) is 32.0 Å². The second-order valence-electron chi connectivity index (χ2n) is 4.17. The molecule has 1 aromatic carbocycles. The maximum Gasteiger partial charge on any atom is 0.353 e. The van der Waals surface area contributed by atoms with Gasteiger partial charge in [0, 0.05) is 5.56 Å². The van der Waals surface area contributed by atoms with E-state index in [1.807, 2.05) is 38.1 Å². The molecule has 1 heterocycles. The molecule has 5 nitrogen and oxygen atoms in total. The molecular formula is C13H14N2O3.